The van der Waals surface area contributed by atoms with E-state index in [4.69, 9.17) is 14.2 Å². The highest BCUT2D eigenvalue weighted by atomic mass is 16.6. The molecule has 1 N–H and O–H groups in total. The smallest absolute Gasteiger partial charge is 0.407 e. The summed E-state index contributed by atoms with van der Waals surface area (Å²) in [7, 11) is 0. The Morgan fingerprint density at radius 3 is 2.25 bits per heavy atom. The number of carbonyl (C=O) groups is 3. The van der Waals surface area contributed by atoms with Gasteiger partial charge in [-0.1, -0.05) is 0 Å². The van der Waals surface area contributed by atoms with Crippen LogP contribution in [0.15, 0.2) is 24.3 Å². The van der Waals surface area contributed by atoms with Crippen molar-refractivity contribution in [2.45, 2.75) is 32.8 Å². The fourth-order valence-electron chi connectivity index (χ4n) is 2.69. The summed E-state index contributed by atoms with van der Waals surface area (Å²) in [6.45, 7) is 3.53. The van der Waals surface area contributed by atoms with Crippen molar-refractivity contribution in [2.24, 2.45) is 5.41 Å². The van der Waals surface area contributed by atoms with Gasteiger partial charge in [-0.2, -0.15) is 0 Å². The third-order valence-corrected chi connectivity index (χ3v) is 4.36. The first-order valence-corrected chi connectivity index (χ1v) is 8.87. The summed E-state index contributed by atoms with van der Waals surface area (Å²) < 4.78 is 15.4. The summed E-state index contributed by atoms with van der Waals surface area (Å²) in [5.41, 5.74) is -1.10. The Labute approximate surface area is 161 Å². The largest absolute Gasteiger partial charge is 0.465 e. The van der Waals surface area contributed by atoms with Crippen LogP contribution in [0.5, 0.6) is 0 Å². The van der Waals surface area contributed by atoms with Crippen molar-refractivity contribution in [3.63, 3.8) is 0 Å². The van der Waals surface area contributed by atoms with Crippen molar-refractivity contribution in [1.82, 2.24) is 5.32 Å². The highest BCUT2D eigenvalue weighted by Crippen LogP contribution is 2.51. The van der Waals surface area contributed by atoms with Gasteiger partial charge in [0, 0.05) is 12.1 Å². The lowest BCUT2D eigenvalue weighted by Crippen LogP contribution is -2.44. The fraction of sp³-hybridized carbons (Fsp3) is 0.500. The van der Waals surface area contributed by atoms with Gasteiger partial charge in [-0.15, -0.1) is 0 Å². The zero-order valence-corrected chi connectivity index (χ0v) is 15.6. The van der Waals surface area contributed by atoms with Gasteiger partial charge in [0.05, 0.1) is 30.2 Å². The fourth-order valence-corrected chi connectivity index (χ4v) is 2.69. The maximum atomic E-state index is 12.5. The summed E-state index contributed by atoms with van der Waals surface area (Å²) in [5, 5.41) is 13.2. The molecule has 2 rings (SSSR count). The van der Waals surface area contributed by atoms with E-state index in [0.717, 1.165) is 0 Å². The number of nitro groups is 1. The van der Waals surface area contributed by atoms with Crippen molar-refractivity contribution < 1.29 is 33.5 Å². The van der Waals surface area contributed by atoms with Crippen LogP contribution in [0.4, 0.5) is 10.5 Å². The molecular formula is C18H22N2O8. The number of esters is 2. The van der Waals surface area contributed by atoms with Gasteiger partial charge in [-0.05, 0) is 38.8 Å². The number of ether oxygens (including phenoxy) is 3. The molecule has 1 amide bonds. The van der Waals surface area contributed by atoms with Gasteiger partial charge in [-0.3, -0.25) is 14.9 Å². The molecule has 28 heavy (non-hydrogen) atoms. The predicted octanol–water partition coefficient (Wildman–Crippen LogP) is 2.21. The van der Waals surface area contributed by atoms with Crippen LogP contribution in [0.3, 0.4) is 0 Å². The number of benzene rings is 1. The minimum atomic E-state index is -1.02. The number of alkyl carbamates (subject to hydrolysis) is 1. The Morgan fingerprint density at radius 2 is 1.75 bits per heavy atom. The first-order chi connectivity index (χ1) is 13.3. The van der Waals surface area contributed by atoms with E-state index in [0.29, 0.717) is 12.8 Å². The van der Waals surface area contributed by atoms with Crippen molar-refractivity contribution >= 4 is 23.7 Å². The van der Waals surface area contributed by atoms with Crippen molar-refractivity contribution in [1.29, 1.82) is 0 Å². The van der Waals surface area contributed by atoms with E-state index in [1.165, 1.54) is 24.3 Å². The standard InChI is InChI=1S/C18H22N2O8/c1-3-26-16(22)18(9-10-18)14(11-19-17(23)27-4-2)28-15(21)12-5-7-13(8-6-12)20(24)25/h5-8,14H,3-4,9-11H2,1-2H3,(H,19,23). The van der Waals surface area contributed by atoms with Crippen molar-refractivity contribution in [2.75, 3.05) is 19.8 Å². The summed E-state index contributed by atoms with van der Waals surface area (Å²) >= 11 is 0. The van der Waals surface area contributed by atoms with E-state index in [9.17, 15) is 24.5 Å². The van der Waals surface area contributed by atoms with Crippen molar-refractivity contribution in [3.8, 4) is 0 Å². The van der Waals surface area contributed by atoms with Gasteiger partial charge in [0.15, 0.2) is 0 Å². The minimum Gasteiger partial charge on any atom is -0.465 e. The molecule has 0 bridgehead atoms. The lowest BCUT2D eigenvalue weighted by Gasteiger charge is -2.25. The molecule has 0 saturated heterocycles. The normalized spacial score (nSPS) is 15.1. The molecule has 1 aromatic carbocycles. The number of amides is 1. The number of hydrogen-bond donors (Lipinski definition) is 1. The molecule has 1 aromatic rings. The molecule has 0 radical (unpaired) electrons. The van der Waals surface area contributed by atoms with Gasteiger partial charge in [0.2, 0.25) is 0 Å². The minimum absolute atomic E-state index is 0.0893. The van der Waals surface area contributed by atoms with Gasteiger partial charge in [0.25, 0.3) is 5.69 Å². The molecule has 1 unspecified atom stereocenters. The second kappa shape index (κ2) is 9.16. The number of nitro benzene ring substituents is 1. The maximum Gasteiger partial charge on any atom is 0.407 e. The quantitative estimate of drug-likeness (QED) is 0.292. The number of nitrogens with zero attached hydrogens (tertiary/aromatic N) is 1. The zero-order valence-electron chi connectivity index (χ0n) is 15.6. The van der Waals surface area contributed by atoms with E-state index in [2.05, 4.69) is 5.32 Å². The number of hydrogen-bond acceptors (Lipinski definition) is 8. The molecule has 0 aromatic heterocycles. The molecule has 1 aliphatic carbocycles. The Balaban J connectivity index is 2.14. The van der Waals surface area contributed by atoms with Gasteiger partial charge < -0.3 is 19.5 Å². The average molecular weight is 394 g/mol. The molecule has 0 aliphatic heterocycles. The van der Waals surface area contributed by atoms with E-state index in [-0.39, 0.29) is 31.0 Å². The molecule has 1 saturated carbocycles. The second-order valence-corrected chi connectivity index (χ2v) is 6.18. The first-order valence-electron chi connectivity index (χ1n) is 8.87. The number of rotatable bonds is 9. The molecule has 1 atom stereocenters. The van der Waals surface area contributed by atoms with Crippen LogP contribution >= 0.6 is 0 Å². The number of non-ortho nitro benzene ring substituents is 1. The topological polar surface area (TPSA) is 134 Å². The van der Waals surface area contributed by atoms with Crippen LogP contribution in [-0.4, -0.2) is 48.8 Å². The molecule has 1 aliphatic rings. The summed E-state index contributed by atoms with van der Waals surface area (Å²) in [6.07, 6.45) is -0.750. The Kier molecular flexibility index (Phi) is 6.91. The molecule has 152 valence electrons. The SMILES string of the molecule is CCOC(=O)NCC(OC(=O)c1ccc([N+](=O)[O-])cc1)C1(C(=O)OCC)CC1. The van der Waals surface area contributed by atoms with Crippen LogP contribution < -0.4 is 5.32 Å². The van der Waals surface area contributed by atoms with Gasteiger partial charge in [0.1, 0.15) is 11.5 Å². The van der Waals surface area contributed by atoms with E-state index in [1.807, 2.05) is 0 Å². The third-order valence-electron chi connectivity index (χ3n) is 4.36. The predicted molar refractivity (Wildman–Crippen MR) is 95.6 cm³/mol. The Hall–Kier alpha value is -3.17. The monoisotopic (exact) mass is 394 g/mol. The van der Waals surface area contributed by atoms with Crippen LogP contribution in [0, 0.1) is 15.5 Å². The van der Waals surface area contributed by atoms with Crippen LogP contribution in [-0.2, 0) is 19.0 Å². The highest BCUT2D eigenvalue weighted by Gasteiger charge is 2.59. The van der Waals surface area contributed by atoms with Crippen LogP contribution in [0.1, 0.15) is 37.0 Å². The van der Waals surface area contributed by atoms with E-state index in [1.54, 1.807) is 13.8 Å². The maximum absolute atomic E-state index is 12.5. The lowest BCUT2D eigenvalue weighted by molar-refractivity contribution is -0.384. The van der Waals surface area contributed by atoms with Crippen molar-refractivity contribution in [3.05, 3.63) is 39.9 Å². The number of carbonyl (C=O) groups excluding carboxylic acids is 3. The zero-order chi connectivity index (χ0) is 20.7. The molecule has 10 heteroatoms. The number of nitrogens with one attached hydrogen (secondary N) is 1. The van der Waals surface area contributed by atoms with Gasteiger partial charge >= 0.3 is 18.0 Å². The van der Waals surface area contributed by atoms with E-state index < -0.39 is 34.5 Å². The molecular weight excluding hydrogens is 372 g/mol. The molecule has 0 heterocycles. The Morgan fingerprint density at radius 1 is 1.14 bits per heavy atom. The molecule has 10 nitrogen and oxygen atoms in total. The summed E-state index contributed by atoms with van der Waals surface area (Å²) in [6, 6.07) is 4.89. The summed E-state index contributed by atoms with van der Waals surface area (Å²) in [5.74, 6) is -1.26. The molecule has 0 spiro atoms. The average Bonchev–Trinajstić information content (AvgIpc) is 3.47. The second-order valence-electron chi connectivity index (χ2n) is 6.18. The summed E-state index contributed by atoms with van der Waals surface area (Å²) in [4.78, 5) is 46.6. The Bertz CT molecular complexity index is 742. The van der Waals surface area contributed by atoms with Crippen LogP contribution in [0.2, 0.25) is 0 Å². The first kappa shape index (κ1) is 21.1. The molecule has 1 fully saturated rings. The third kappa shape index (κ3) is 4.96. The van der Waals surface area contributed by atoms with Crippen LogP contribution in [0.25, 0.3) is 0 Å². The van der Waals surface area contributed by atoms with E-state index >= 15 is 0 Å². The van der Waals surface area contributed by atoms with Gasteiger partial charge in [-0.25, -0.2) is 9.59 Å². The highest BCUT2D eigenvalue weighted by molar-refractivity contribution is 5.90. The lowest BCUT2D eigenvalue weighted by atomic mass is 9.99.